The lowest BCUT2D eigenvalue weighted by Gasteiger charge is -2.09. The molecular formula is C14H16N2O2. The summed E-state index contributed by atoms with van der Waals surface area (Å²) in [5.41, 5.74) is 0.799. The Bertz CT molecular complexity index is 631. The van der Waals surface area contributed by atoms with Gasteiger partial charge in [0.2, 0.25) is 5.91 Å². The summed E-state index contributed by atoms with van der Waals surface area (Å²) in [6.45, 7) is 3.78. The van der Waals surface area contributed by atoms with E-state index in [1.165, 1.54) is 0 Å². The Morgan fingerprint density at radius 2 is 2.11 bits per heavy atom. The molecule has 1 aromatic heterocycles. The van der Waals surface area contributed by atoms with Crippen molar-refractivity contribution in [1.82, 2.24) is 4.98 Å². The number of anilines is 1. The number of hydrogen-bond donors (Lipinski definition) is 2. The van der Waals surface area contributed by atoms with Crippen LogP contribution in [0.1, 0.15) is 20.3 Å². The first-order valence-corrected chi connectivity index (χ1v) is 6.04. The van der Waals surface area contributed by atoms with Gasteiger partial charge < -0.3 is 10.3 Å². The second-order valence-electron chi connectivity index (χ2n) is 4.40. The van der Waals surface area contributed by atoms with E-state index in [1.807, 2.05) is 38.1 Å². The molecule has 1 heterocycles. The molecule has 0 saturated heterocycles. The van der Waals surface area contributed by atoms with Crippen LogP contribution in [0.5, 0.6) is 0 Å². The molecule has 0 radical (unpaired) electrons. The fourth-order valence-corrected chi connectivity index (χ4v) is 1.68. The van der Waals surface area contributed by atoms with Gasteiger partial charge in [-0.3, -0.25) is 9.59 Å². The fraction of sp³-hybridized carbons (Fsp3) is 0.286. The minimum Gasteiger partial charge on any atom is -0.321 e. The standard InChI is InChI=1S/C14H16N2O2/c1-3-9(2)13(17)16-12-8-10-6-4-5-7-11(10)15-14(12)18/h4-9H,3H2,1-2H3,(H,15,18)(H,16,17). The number of amides is 1. The van der Waals surface area contributed by atoms with E-state index >= 15 is 0 Å². The van der Waals surface area contributed by atoms with Crippen molar-refractivity contribution in [2.75, 3.05) is 5.32 Å². The second-order valence-corrected chi connectivity index (χ2v) is 4.40. The molecule has 0 saturated carbocycles. The Labute approximate surface area is 105 Å². The number of hydrogen-bond acceptors (Lipinski definition) is 2. The molecule has 0 aliphatic rings. The van der Waals surface area contributed by atoms with Crippen LogP contribution in [-0.4, -0.2) is 10.9 Å². The largest absolute Gasteiger partial charge is 0.321 e. The van der Waals surface area contributed by atoms with Gasteiger partial charge >= 0.3 is 0 Å². The molecule has 0 spiro atoms. The Balaban J connectivity index is 2.37. The van der Waals surface area contributed by atoms with Gasteiger partial charge in [-0.05, 0) is 18.6 Å². The van der Waals surface area contributed by atoms with Gasteiger partial charge in [-0.25, -0.2) is 0 Å². The highest BCUT2D eigenvalue weighted by atomic mass is 16.2. The van der Waals surface area contributed by atoms with Gasteiger partial charge in [-0.2, -0.15) is 0 Å². The third-order valence-corrected chi connectivity index (χ3v) is 3.07. The van der Waals surface area contributed by atoms with Crippen LogP contribution in [-0.2, 0) is 4.79 Å². The molecule has 2 aromatic rings. The first-order chi connectivity index (χ1) is 8.61. The SMILES string of the molecule is CCC(C)C(=O)Nc1cc2ccccc2[nH]c1=O. The number of carbonyl (C=O) groups is 1. The Kier molecular flexibility index (Phi) is 3.46. The molecule has 4 nitrogen and oxygen atoms in total. The predicted octanol–water partition coefficient (Wildman–Crippen LogP) is 2.51. The molecule has 2 rings (SSSR count). The summed E-state index contributed by atoms with van der Waals surface area (Å²) in [7, 11) is 0. The third kappa shape index (κ3) is 2.42. The number of benzene rings is 1. The van der Waals surface area contributed by atoms with E-state index in [4.69, 9.17) is 0 Å². The summed E-state index contributed by atoms with van der Waals surface area (Å²) in [5.74, 6) is -0.228. The normalized spacial score (nSPS) is 12.3. The van der Waals surface area contributed by atoms with E-state index in [0.29, 0.717) is 5.69 Å². The van der Waals surface area contributed by atoms with Gasteiger partial charge in [0.15, 0.2) is 0 Å². The topological polar surface area (TPSA) is 62.0 Å². The van der Waals surface area contributed by atoms with Gasteiger partial charge in [0.05, 0.1) is 0 Å². The number of para-hydroxylation sites is 1. The molecule has 2 N–H and O–H groups in total. The quantitative estimate of drug-likeness (QED) is 0.871. The Hall–Kier alpha value is -2.10. The average Bonchev–Trinajstić information content (AvgIpc) is 2.38. The van der Waals surface area contributed by atoms with Gasteiger partial charge in [0.1, 0.15) is 5.69 Å². The van der Waals surface area contributed by atoms with E-state index < -0.39 is 0 Å². The molecule has 0 fully saturated rings. The van der Waals surface area contributed by atoms with E-state index in [0.717, 1.165) is 17.3 Å². The van der Waals surface area contributed by atoms with Crippen LogP contribution in [0, 0.1) is 5.92 Å². The fourth-order valence-electron chi connectivity index (χ4n) is 1.68. The van der Waals surface area contributed by atoms with E-state index in [9.17, 15) is 9.59 Å². The molecule has 0 aliphatic heterocycles. The van der Waals surface area contributed by atoms with Crippen molar-refractivity contribution in [2.45, 2.75) is 20.3 Å². The summed E-state index contributed by atoms with van der Waals surface area (Å²) in [6, 6.07) is 9.17. The smallest absolute Gasteiger partial charge is 0.272 e. The van der Waals surface area contributed by atoms with Gasteiger partial charge in [0.25, 0.3) is 5.56 Å². The second kappa shape index (κ2) is 5.04. The van der Waals surface area contributed by atoms with Crippen LogP contribution >= 0.6 is 0 Å². The summed E-state index contributed by atoms with van der Waals surface area (Å²) < 4.78 is 0. The monoisotopic (exact) mass is 244 g/mol. The highest BCUT2D eigenvalue weighted by molar-refractivity contribution is 5.94. The predicted molar refractivity (Wildman–Crippen MR) is 72.7 cm³/mol. The zero-order chi connectivity index (χ0) is 13.1. The number of carbonyl (C=O) groups excluding carboxylic acids is 1. The number of aromatic amines is 1. The maximum absolute atomic E-state index is 11.8. The van der Waals surface area contributed by atoms with Crippen molar-refractivity contribution in [1.29, 1.82) is 0 Å². The highest BCUT2D eigenvalue weighted by Gasteiger charge is 2.12. The van der Waals surface area contributed by atoms with Gasteiger partial charge in [-0.1, -0.05) is 32.0 Å². The first kappa shape index (κ1) is 12.4. The van der Waals surface area contributed by atoms with Crippen molar-refractivity contribution in [3.8, 4) is 0 Å². The third-order valence-electron chi connectivity index (χ3n) is 3.07. The zero-order valence-corrected chi connectivity index (χ0v) is 10.5. The molecular weight excluding hydrogens is 228 g/mol. The molecule has 1 unspecified atom stereocenters. The van der Waals surface area contributed by atoms with Crippen molar-refractivity contribution < 1.29 is 4.79 Å². The summed E-state index contributed by atoms with van der Waals surface area (Å²) >= 11 is 0. The molecule has 4 heteroatoms. The number of rotatable bonds is 3. The van der Waals surface area contributed by atoms with Crippen LogP contribution in [0.4, 0.5) is 5.69 Å². The summed E-state index contributed by atoms with van der Waals surface area (Å²) in [6.07, 6.45) is 0.747. The molecule has 1 aromatic carbocycles. The van der Waals surface area contributed by atoms with Crippen molar-refractivity contribution in [3.05, 3.63) is 40.7 Å². The lowest BCUT2D eigenvalue weighted by atomic mass is 10.1. The minimum absolute atomic E-state index is 0.101. The number of nitrogens with one attached hydrogen (secondary N) is 2. The summed E-state index contributed by atoms with van der Waals surface area (Å²) in [5, 5.41) is 3.57. The van der Waals surface area contributed by atoms with E-state index in [-0.39, 0.29) is 17.4 Å². The molecule has 0 bridgehead atoms. The highest BCUT2D eigenvalue weighted by Crippen LogP contribution is 2.13. The first-order valence-electron chi connectivity index (χ1n) is 6.04. The van der Waals surface area contributed by atoms with Gasteiger partial charge in [-0.15, -0.1) is 0 Å². The number of fused-ring (bicyclic) bond motifs is 1. The number of H-pyrrole nitrogens is 1. The Morgan fingerprint density at radius 3 is 2.83 bits per heavy atom. The van der Waals surface area contributed by atoms with Crippen molar-refractivity contribution in [3.63, 3.8) is 0 Å². The van der Waals surface area contributed by atoms with Crippen LogP contribution in [0.25, 0.3) is 10.9 Å². The molecule has 0 aliphatic carbocycles. The zero-order valence-electron chi connectivity index (χ0n) is 10.5. The lowest BCUT2D eigenvalue weighted by molar-refractivity contribution is -0.119. The molecule has 18 heavy (non-hydrogen) atoms. The minimum atomic E-state index is -0.273. The molecule has 1 amide bonds. The van der Waals surface area contributed by atoms with Crippen LogP contribution in [0.15, 0.2) is 35.1 Å². The molecule has 94 valence electrons. The maximum atomic E-state index is 11.8. The van der Waals surface area contributed by atoms with E-state index in [1.54, 1.807) is 6.07 Å². The average molecular weight is 244 g/mol. The Morgan fingerprint density at radius 1 is 1.39 bits per heavy atom. The van der Waals surface area contributed by atoms with Crippen LogP contribution < -0.4 is 10.9 Å². The lowest BCUT2D eigenvalue weighted by Crippen LogP contribution is -2.24. The number of aromatic nitrogens is 1. The van der Waals surface area contributed by atoms with E-state index in [2.05, 4.69) is 10.3 Å². The maximum Gasteiger partial charge on any atom is 0.272 e. The summed E-state index contributed by atoms with van der Waals surface area (Å²) in [4.78, 5) is 26.3. The number of pyridine rings is 1. The van der Waals surface area contributed by atoms with Gasteiger partial charge in [0, 0.05) is 16.8 Å². The van der Waals surface area contributed by atoms with Crippen LogP contribution in [0.3, 0.4) is 0 Å². The molecule has 1 atom stereocenters. The van der Waals surface area contributed by atoms with Crippen LogP contribution in [0.2, 0.25) is 0 Å². The van der Waals surface area contributed by atoms with Crippen molar-refractivity contribution in [2.24, 2.45) is 5.92 Å². The van der Waals surface area contributed by atoms with Crippen molar-refractivity contribution >= 4 is 22.5 Å².